The van der Waals surface area contributed by atoms with Crippen molar-refractivity contribution in [3.05, 3.63) is 99.5 Å². The maximum Gasteiger partial charge on any atom is 0.261 e. The minimum Gasteiger partial charge on any atom is -0.369 e. The molecule has 0 aliphatic carbocycles. The van der Waals surface area contributed by atoms with E-state index in [0.29, 0.717) is 47.1 Å². The molecule has 0 saturated carbocycles. The van der Waals surface area contributed by atoms with Crippen LogP contribution in [0.25, 0.3) is 0 Å². The van der Waals surface area contributed by atoms with Gasteiger partial charge in [-0.2, -0.15) is 0 Å². The molecule has 43 heavy (non-hydrogen) atoms. The predicted molar refractivity (Wildman–Crippen MR) is 170 cm³/mol. The molecule has 0 unspecified atom stereocenters. The molecule has 0 bridgehead atoms. The van der Waals surface area contributed by atoms with Gasteiger partial charge in [-0.1, -0.05) is 6.07 Å². The zero-order valence-corrected chi connectivity index (χ0v) is 25.5. The zero-order chi connectivity index (χ0) is 30.1. The highest BCUT2D eigenvalue weighted by Gasteiger charge is 2.28. The van der Waals surface area contributed by atoms with E-state index in [0.717, 1.165) is 37.4 Å². The van der Waals surface area contributed by atoms with Gasteiger partial charge in [-0.15, -0.1) is 0 Å². The second-order valence-corrected chi connectivity index (χ2v) is 11.7. The summed E-state index contributed by atoms with van der Waals surface area (Å²) >= 11 is 3.12. The number of anilines is 5. The standard InChI is InChI=1S/C32H31BrFN7O2/c1-20-3-5-23(36-30(42)21-4-10-27(34)26(33)17-21)18-29(20)41-12-11-28-25(31(41)43)19-35-32(38-28)37-22-6-8-24(9-7-22)40-15-13-39(2)14-16-40/h3-10,17-19H,11-16H2,1-2H3,(H,36,42)(H,35,37,38). The lowest BCUT2D eigenvalue weighted by molar-refractivity contribution is 0.0978. The first-order valence-corrected chi connectivity index (χ1v) is 14.9. The van der Waals surface area contributed by atoms with E-state index in [-0.39, 0.29) is 16.3 Å². The number of carbonyl (C=O) groups excluding carboxylic acids is 2. The molecule has 4 aromatic rings. The summed E-state index contributed by atoms with van der Waals surface area (Å²) in [6, 6.07) is 17.7. The summed E-state index contributed by atoms with van der Waals surface area (Å²) in [5, 5.41) is 6.11. The molecular formula is C32H31BrFN7O2. The van der Waals surface area contributed by atoms with Crippen LogP contribution in [0.3, 0.4) is 0 Å². The minimum atomic E-state index is -0.444. The Hall–Kier alpha value is -4.35. The van der Waals surface area contributed by atoms with Crippen molar-refractivity contribution < 1.29 is 14.0 Å². The van der Waals surface area contributed by atoms with Gasteiger partial charge < -0.3 is 25.3 Å². The van der Waals surface area contributed by atoms with Gasteiger partial charge in [-0.3, -0.25) is 9.59 Å². The second-order valence-electron chi connectivity index (χ2n) is 10.8. The third-order valence-electron chi connectivity index (χ3n) is 7.85. The van der Waals surface area contributed by atoms with Crippen LogP contribution in [0.5, 0.6) is 0 Å². The molecule has 1 fully saturated rings. The molecule has 1 saturated heterocycles. The molecule has 2 aliphatic heterocycles. The number of fused-ring (bicyclic) bond motifs is 1. The Morgan fingerprint density at radius 3 is 2.44 bits per heavy atom. The number of benzene rings is 3. The normalized spacial score (nSPS) is 15.3. The molecule has 11 heteroatoms. The zero-order valence-electron chi connectivity index (χ0n) is 23.9. The highest BCUT2D eigenvalue weighted by Crippen LogP contribution is 2.30. The summed E-state index contributed by atoms with van der Waals surface area (Å²) in [5.41, 5.74) is 5.63. The van der Waals surface area contributed by atoms with Crippen LogP contribution in [0.2, 0.25) is 0 Å². The Kier molecular flexibility index (Phi) is 8.09. The van der Waals surface area contributed by atoms with Gasteiger partial charge in [0.1, 0.15) is 5.82 Å². The van der Waals surface area contributed by atoms with Crippen molar-refractivity contribution in [3.63, 3.8) is 0 Å². The fourth-order valence-corrected chi connectivity index (χ4v) is 5.69. The molecule has 2 amide bonds. The Labute approximate surface area is 257 Å². The molecule has 220 valence electrons. The number of carbonyl (C=O) groups is 2. The Balaban J connectivity index is 1.14. The van der Waals surface area contributed by atoms with Gasteiger partial charge in [0, 0.05) is 73.7 Å². The molecule has 1 aromatic heterocycles. The van der Waals surface area contributed by atoms with Gasteiger partial charge in [-0.25, -0.2) is 14.4 Å². The van der Waals surface area contributed by atoms with Gasteiger partial charge >= 0.3 is 0 Å². The Morgan fingerprint density at radius 2 is 1.70 bits per heavy atom. The van der Waals surface area contributed by atoms with Crippen LogP contribution in [0.15, 0.2) is 71.3 Å². The van der Waals surface area contributed by atoms with Crippen molar-refractivity contribution in [2.75, 3.05) is 60.2 Å². The molecule has 3 heterocycles. The summed E-state index contributed by atoms with van der Waals surface area (Å²) in [6.45, 7) is 6.47. The van der Waals surface area contributed by atoms with Crippen LogP contribution in [-0.4, -0.2) is 66.5 Å². The maximum absolute atomic E-state index is 13.6. The maximum atomic E-state index is 13.6. The van der Waals surface area contributed by atoms with Crippen LogP contribution in [0.4, 0.5) is 33.1 Å². The van der Waals surface area contributed by atoms with E-state index >= 15 is 0 Å². The van der Waals surface area contributed by atoms with E-state index in [9.17, 15) is 14.0 Å². The minimum absolute atomic E-state index is 0.196. The number of halogens is 2. The number of aromatic nitrogens is 2. The van der Waals surface area contributed by atoms with Crippen molar-refractivity contribution >= 4 is 56.4 Å². The lowest BCUT2D eigenvalue weighted by Crippen LogP contribution is -2.44. The number of nitrogens with zero attached hydrogens (tertiary/aromatic N) is 5. The lowest BCUT2D eigenvalue weighted by atomic mass is 10.0. The number of likely N-dealkylation sites (N-methyl/N-ethyl adjacent to an activating group) is 1. The molecule has 3 aromatic carbocycles. The smallest absolute Gasteiger partial charge is 0.261 e. The molecular weight excluding hydrogens is 613 g/mol. The summed E-state index contributed by atoms with van der Waals surface area (Å²) < 4.78 is 13.8. The number of hydrogen-bond acceptors (Lipinski definition) is 7. The Bertz CT molecular complexity index is 1690. The first-order chi connectivity index (χ1) is 20.7. The number of hydrogen-bond donors (Lipinski definition) is 2. The van der Waals surface area contributed by atoms with Gasteiger partial charge in [0.2, 0.25) is 5.95 Å². The molecule has 2 aliphatic rings. The van der Waals surface area contributed by atoms with Crippen LogP contribution in [0.1, 0.15) is 32.0 Å². The molecule has 0 atom stereocenters. The highest BCUT2D eigenvalue weighted by molar-refractivity contribution is 9.10. The molecule has 9 nitrogen and oxygen atoms in total. The first-order valence-electron chi connectivity index (χ1n) is 14.1. The SMILES string of the molecule is Cc1ccc(NC(=O)c2ccc(F)c(Br)c2)cc1N1CCc2nc(Nc3ccc(N4CCN(C)CC4)cc3)ncc2C1=O. The summed E-state index contributed by atoms with van der Waals surface area (Å²) in [7, 11) is 2.15. The van der Waals surface area contributed by atoms with Crippen molar-refractivity contribution in [3.8, 4) is 0 Å². The molecule has 0 radical (unpaired) electrons. The average molecular weight is 645 g/mol. The highest BCUT2D eigenvalue weighted by atomic mass is 79.9. The van der Waals surface area contributed by atoms with E-state index in [1.807, 2.05) is 25.1 Å². The fourth-order valence-electron chi connectivity index (χ4n) is 5.31. The van der Waals surface area contributed by atoms with Gasteiger partial charge in [0.15, 0.2) is 0 Å². The van der Waals surface area contributed by atoms with Crippen molar-refractivity contribution in [2.45, 2.75) is 13.3 Å². The first kappa shape index (κ1) is 28.8. The van der Waals surface area contributed by atoms with Gasteiger partial charge in [-0.05, 0) is 90.1 Å². The van der Waals surface area contributed by atoms with Gasteiger partial charge in [0.25, 0.3) is 11.8 Å². The van der Waals surface area contributed by atoms with Crippen molar-refractivity contribution in [2.24, 2.45) is 0 Å². The lowest BCUT2D eigenvalue weighted by Gasteiger charge is -2.34. The summed E-state index contributed by atoms with van der Waals surface area (Å²) in [4.78, 5) is 41.8. The second kappa shape index (κ2) is 12.1. The number of amides is 2. The van der Waals surface area contributed by atoms with Crippen LogP contribution in [0, 0.1) is 12.7 Å². The van der Waals surface area contributed by atoms with Crippen molar-refractivity contribution in [1.82, 2.24) is 14.9 Å². The van der Waals surface area contributed by atoms with Crippen molar-refractivity contribution in [1.29, 1.82) is 0 Å². The van der Waals surface area contributed by atoms with E-state index in [1.165, 1.54) is 23.9 Å². The summed E-state index contributed by atoms with van der Waals surface area (Å²) in [6.07, 6.45) is 2.13. The predicted octanol–water partition coefficient (Wildman–Crippen LogP) is 5.64. The van der Waals surface area contributed by atoms with E-state index in [2.05, 4.69) is 65.5 Å². The monoisotopic (exact) mass is 643 g/mol. The molecule has 2 N–H and O–H groups in total. The largest absolute Gasteiger partial charge is 0.369 e. The number of nitrogens with one attached hydrogen (secondary N) is 2. The number of piperazine rings is 1. The average Bonchev–Trinajstić information content (AvgIpc) is 3.01. The van der Waals surface area contributed by atoms with Crippen LogP contribution < -0.4 is 20.4 Å². The molecule has 6 rings (SSSR count). The van der Waals surface area contributed by atoms with Gasteiger partial charge in [0.05, 0.1) is 15.7 Å². The third kappa shape index (κ3) is 6.23. The van der Waals surface area contributed by atoms with Crippen LogP contribution >= 0.6 is 15.9 Å². The quantitative estimate of drug-likeness (QED) is 0.281. The molecule has 0 spiro atoms. The Morgan fingerprint density at radius 1 is 0.953 bits per heavy atom. The van der Waals surface area contributed by atoms with E-state index < -0.39 is 5.82 Å². The topological polar surface area (TPSA) is 93.7 Å². The fraction of sp³-hybridized carbons (Fsp3) is 0.250. The third-order valence-corrected chi connectivity index (χ3v) is 8.45. The number of aryl methyl sites for hydroxylation is 1. The van der Waals surface area contributed by atoms with E-state index in [4.69, 9.17) is 0 Å². The van der Waals surface area contributed by atoms with Crippen LogP contribution in [-0.2, 0) is 6.42 Å². The van der Waals surface area contributed by atoms with E-state index in [1.54, 1.807) is 23.2 Å². The summed E-state index contributed by atoms with van der Waals surface area (Å²) in [5.74, 6) is -0.576. The number of rotatable bonds is 6.